The molecule has 1 aromatic rings. The molecule has 0 radical (unpaired) electrons. The third-order valence-electron chi connectivity index (χ3n) is 2.57. The van der Waals surface area contributed by atoms with Gasteiger partial charge in [0.15, 0.2) is 0 Å². The van der Waals surface area contributed by atoms with E-state index in [4.69, 9.17) is 5.11 Å². The average Bonchev–Trinajstić information content (AvgIpc) is 2.28. The number of carbonyl (C=O) groups excluding carboxylic acids is 1. The molecule has 0 fully saturated rings. The number of anilines is 2. The monoisotopic (exact) mass is 235 g/mol. The molecular formula is C11H13N3O3. The Hall–Kier alpha value is -2.11. The number of aromatic nitrogens is 1. The summed E-state index contributed by atoms with van der Waals surface area (Å²) in [5.74, 6) is -0.906. The quantitative estimate of drug-likeness (QED) is 0.802. The molecule has 6 heteroatoms. The van der Waals surface area contributed by atoms with E-state index in [1.54, 1.807) is 18.5 Å². The fraction of sp³-hybridized carbons (Fsp3) is 0.364. The van der Waals surface area contributed by atoms with Gasteiger partial charge < -0.3 is 15.3 Å². The number of nitrogens with zero attached hydrogens (tertiary/aromatic N) is 2. The van der Waals surface area contributed by atoms with Gasteiger partial charge in [-0.25, -0.2) is 0 Å². The first kappa shape index (κ1) is 11.4. The lowest BCUT2D eigenvalue weighted by Crippen LogP contribution is -2.38. The lowest BCUT2D eigenvalue weighted by Gasteiger charge is -2.30. The standard InChI is InChI=1S/C11H13N3O3/c15-10-7-14(5-1-2-11(16)17)9-6-12-4-3-8(9)13-10/h3-4,6H,1-2,5,7H2,(H,13,15)(H,16,17). The number of pyridine rings is 1. The minimum Gasteiger partial charge on any atom is -0.481 e. The van der Waals surface area contributed by atoms with Crippen molar-refractivity contribution in [3.05, 3.63) is 18.5 Å². The Morgan fingerprint density at radius 3 is 3.18 bits per heavy atom. The highest BCUT2D eigenvalue weighted by atomic mass is 16.4. The summed E-state index contributed by atoms with van der Waals surface area (Å²) in [5, 5.41) is 11.3. The maximum absolute atomic E-state index is 11.4. The van der Waals surface area contributed by atoms with Crippen LogP contribution in [0.3, 0.4) is 0 Å². The van der Waals surface area contributed by atoms with Crippen LogP contribution in [0.5, 0.6) is 0 Å². The van der Waals surface area contributed by atoms with Crippen LogP contribution in [0.4, 0.5) is 11.4 Å². The first-order chi connectivity index (χ1) is 8.16. The van der Waals surface area contributed by atoms with Gasteiger partial charge in [0.2, 0.25) is 5.91 Å². The summed E-state index contributed by atoms with van der Waals surface area (Å²) in [6.45, 7) is 0.788. The van der Waals surface area contributed by atoms with Crippen molar-refractivity contribution in [3.8, 4) is 0 Å². The number of hydrogen-bond acceptors (Lipinski definition) is 4. The zero-order valence-electron chi connectivity index (χ0n) is 9.22. The number of fused-ring (bicyclic) bond motifs is 1. The molecule has 0 bridgehead atoms. The number of hydrogen-bond donors (Lipinski definition) is 2. The zero-order valence-corrected chi connectivity index (χ0v) is 9.22. The molecule has 0 atom stereocenters. The number of carbonyl (C=O) groups is 2. The van der Waals surface area contributed by atoms with E-state index >= 15 is 0 Å². The Bertz CT molecular complexity index is 447. The van der Waals surface area contributed by atoms with Crippen molar-refractivity contribution in [2.75, 3.05) is 23.3 Å². The van der Waals surface area contributed by atoms with Gasteiger partial charge in [-0.2, -0.15) is 0 Å². The van der Waals surface area contributed by atoms with Gasteiger partial charge in [0.25, 0.3) is 0 Å². The van der Waals surface area contributed by atoms with Gasteiger partial charge in [0.05, 0.1) is 24.1 Å². The number of amides is 1. The van der Waals surface area contributed by atoms with E-state index in [9.17, 15) is 9.59 Å². The Labute approximate surface area is 98.3 Å². The molecule has 90 valence electrons. The maximum atomic E-state index is 11.4. The van der Waals surface area contributed by atoms with Crippen molar-refractivity contribution in [2.45, 2.75) is 12.8 Å². The van der Waals surface area contributed by atoms with Crippen LogP contribution < -0.4 is 10.2 Å². The van der Waals surface area contributed by atoms with Crippen LogP contribution in [0, 0.1) is 0 Å². The number of carboxylic acid groups (broad SMARTS) is 1. The van der Waals surface area contributed by atoms with Crippen LogP contribution in [-0.4, -0.2) is 35.1 Å². The van der Waals surface area contributed by atoms with E-state index in [1.807, 2.05) is 4.90 Å². The normalized spacial score (nSPS) is 14.1. The van der Waals surface area contributed by atoms with Crippen LogP contribution in [-0.2, 0) is 9.59 Å². The second kappa shape index (κ2) is 4.82. The lowest BCUT2D eigenvalue weighted by atomic mass is 10.2. The molecule has 0 spiro atoms. The van der Waals surface area contributed by atoms with E-state index in [2.05, 4.69) is 10.3 Å². The van der Waals surface area contributed by atoms with E-state index in [-0.39, 0.29) is 18.9 Å². The molecule has 1 aliphatic rings. The largest absolute Gasteiger partial charge is 0.481 e. The third-order valence-corrected chi connectivity index (χ3v) is 2.57. The lowest BCUT2D eigenvalue weighted by molar-refractivity contribution is -0.137. The van der Waals surface area contributed by atoms with Gasteiger partial charge in [-0.1, -0.05) is 0 Å². The summed E-state index contributed by atoms with van der Waals surface area (Å²) in [4.78, 5) is 27.7. The smallest absolute Gasteiger partial charge is 0.303 e. The Kier molecular flexibility index (Phi) is 3.22. The Morgan fingerprint density at radius 2 is 2.41 bits per heavy atom. The van der Waals surface area contributed by atoms with Gasteiger partial charge in [0, 0.05) is 19.2 Å². The molecule has 17 heavy (non-hydrogen) atoms. The highest BCUT2D eigenvalue weighted by molar-refractivity contribution is 6.00. The molecule has 1 aliphatic heterocycles. The van der Waals surface area contributed by atoms with E-state index < -0.39 is 5.97 Å². The fourth-order valence-electron chi connectivity index (χ4n) is 1.81. The summed E-state index contributed by atoms with van der Waals surface area (Å²) < 4.78 is 0. The molecular weight excluding hydrogens is 222 g/mol. The Balaban J connectivity index is 2.07. The van der Waals surface area contributed by atoms with Crippen LogP contribution in [0.15, 0.2) is 18.5 Å². The van der Waals surface area contributed by atoms with Crippen LogP contribution in [0.1, 0.15) is 12.8 Å². The molecule has 2 heterocycles. The minimum absolute atomic E-state index is 0.0842. The van der Waals surface area contributed by atoms with E-state index in [0.717, 1.165) is 11.4 Å². The second-order valence-electron chi connectivity index (χ2n) is 3.86. The van der Waals surface area contributed by atoms with Crippen molar-refractivity contribution < 1.29 is 14.7 Å². The average molecular weight is 235 g/mol. The number of carboxylic acids is 1. The van der Waals surface area contributed by atoms with Crippen molar-refractivity contribution >= 4 is 23.3 Å². The van der Waals surface area contributed by atoms with Crippen molar-refractivity contribution in [1.29, 1.82) is 0 Å². The number of aliphatic carboxylic acids is 1. The fourth-order valence-corrected chi connectivity index (χ4v) is 1.81. The third kappa shape index (κ3) is 2.72. The number of rotatable bonds is 4. The van der Waals surface area contributed by atoms with Gasteiger partial charge in [-0.3, -0.25) is 14.6 Å². The van der Waals surface area contributed by atoms with E-state index in [0.29, 0.717) is 13.0 Å². The van der Waals surface area contributed by atoms with Crippen molar-refractivity contribution in [1.82, 2.24) is 4.98 Å². The molecule has 0 saturated heterocycles. The van der Waals surface area contributed by atoms with Crippen LogP contribution >= 0.6 is 0 Å². The second-order valence-corrected chi connectivity index (χ2v) is 3.86. The van der Waals surface area contributed by atoms with Crippen molar-refractivity contribution in [2.24, 2.45) is 0 Å². The molecule has 2 N–H and O–H groups in total. The zero-order chi connectivity index (χ0) is 12.3. The minimum atomic E-state index is -0.821. The summed E-state index contributed by atoms with van der Waals surface area (Å²) in [6, 6.07) is 1.73. The number of nitrogens with one attached hydrogen (secondary N) is 1. The molecule has 0 aliphatic carbocycles. The Morgan fingerprint density at radius 1 is 1.59 bits per heavy atom. The molecule has 0 aromatic carbocycles. The molecule has 2 rings (SSSR count). The van der Waals surface area contributed by atoms with Gasteiger partial charge >= 0.3 is 5.97 Å². The topological polar surface area (TPSA) is 82.5 Å². The molecule has 1 amide bonds. The SMILES string of the molecule is O=C(O)CCCN1CC(=O)Nc2ccncc21. The highest BCUT2D eigenvalue weighted by Crippen LogP contribution is 2.27. The highest BCUT2D eigenvalue weighted by Gasteiger charge is 2.21. The molecule has 6 nitrogen and oxygen atoms in total. The maximum Gasteiger partial charge on any atom is 0.303 e. The predicted octanol–water partition coefficient (Wildman–Crippen LogP) is 0.705. The summed E-state index contributed by atoms with van der Waals surface area (Å²) in [6.07, 6.45) is 3.90. The first-order valence-corrected chi connectivity index (χ1v) is 5.37. The van der Waals surface area contributed by atoms with Crippen LogP contribution in [0.2, 0.25) is 0 Å². The van der Waals surface area contributed by atoms with E-state index in [1.165, 1.54) is 0 Å². The molecule has 0 unspecified atom stereocenters. The van der Waals surface area contributed by atoms with Gasteiger partial charge in [-0.15, -0.1) is 0 Å². The molecule has 1 aromatic heterocycles. The summed E-state index contributed by atoms with van der Waals surface area (Å²) in [7, 11) is 0. The summed E-state index contributed by atoms with van der Waals surface area (Å²) >= 11 is 0. The van der Waals surface area contributed by atoms with Crippen molar-refractivity contribution in [3.63, 3.8) is 0 Å². The molecule has 0 saturated carbocycles. The summed E-state index contributed by atoms with van der Waals surface area (Å²) in [5.41, 5.74) is 1.57. The first-order valence-electron chi connectivity index (χ1n) is 5.37. The van der Waals surface area contributed by atoms with Crippen LogP contribution in [0.25, 0.3) is 0 Å². The van der Waals surface area contributed by atoms with Gasteiger partial charge in [0.1, 0.15) is 0 Å². The van der Waals surface area contributed by atoms with Gasteiger partial charge in [-0.05, 0) is 12.5 Å². The predicted molar refractivity (Wildman–Crippen MR) is 61.9 cm³/mol.